The molecule has 0 spiro atoms. The molecule has 1 aliphatic rings. The van der Waals surface area contributed by atoms with Gasteiger partial charge < -0.3 is 14.5 Å². The summed E-state index contributed by atoms with van der Waals surface area (Å²) in [5.74, 6) is 2.30. The fraction of sp³-hybridized carbons (Fsp3) is 0.333. The normalized spacial score (nSPS) is 18.6. The third kappa shape index (κ3) is 4.17. The zero-order chi connectivity index (χ0) is 18.9. The summed E-state index contributed by atoms with van der Waals surface area (Å²) in [6.07, 6.45) is 2.23. The van der Waals surface area contributed by atoms with Crippen LogP contribution in [0.4, 0.5) is 5.82 Å². The van der Waals surface area contributed by atoms with Crippen molar-refractivity contribution in [3.63, 3.8) is 0 Å². The third-order valence-electron chi connectivity index (χ3n) is 4.47. The van der Waals surface area contributed by atoms with Crippen LogP contribution in [0.3, 0.4) is 0 Å². The van der Waals surface area contributed by atoms with Gasteiger partial charge in [0.2, 0.25) is 5.28 Å². The van der Waals surface area contributed by atoms with Gasteiger partial charge in [0.05, 0.1) is 30.9 Å². The van der Waals surface area contributed by atoms with Gasteiger partial charge in [-0.3, -0.25) is 0 Å². The van der Waals surface area contributed by atoms with E-state index in [1.165, 1.54) is 0 Å². The summed E-state index contributed by atoms with van der Waals surface area (Å²) < 4.78 is 34.4. The molecule has 27 heavy (non-hydrogen) atoms. The van der Waals surface area contributed by atoms with Gasteiger partial charge >= 0.3 is 0 Å². The summed E-state index contributed by atoms with van der Waals surface area (Å²) in [7, 11) is -2.93. The van der Waals surface area contributed by atoms with Crippen LogP contribution in [0.15, 0.2) is 41.0 Å². The van der Waals surface area contributed by atoms with Crippen molar-refractivity contribution in [2.75, 3.05) is 23.4 Å². The lowest BCUT2D eigenvalue weighted by atomic mass is 10.1. The molecule has 2 aromatic heterocycles. The maximum absolute atomic E-state index is 11.6. The Kier molecular flexibility index (Phi) is 4.92. The zero-order valence-corrected chi connectivity index (χ0v) is 16.0. The predicted octanol–water partition coefficient (Wildman–Crippen LogP) is 3.30. The maximum Gasteiger partial charge on any atom is 0.225 e. The van der Waals surface area contributed by atoms with Crippen LogP contribution in [-0.2, 0) is 16.4 Å². The molecule has 1 fully saturated rings. The van der Waals surface area contributed by atoms with Crippen molar-refractivity contribution in [1.29, 1.82) is 0 Å². The molecular weight excluding hydrogens is 390 g/mol. The van der Waals surface area contributed by atoms with Gasteiger partial charge in [-0.2, -0.15) is 0 Å². The molecule has 3 aromatic rings. The first-order valence-electron chi connectivity index (χ1n) is 8.56. The SMILES string of the molecule is O=S1(=O)CCC(COc2cccc3c(NCc4ccco4)nc(Cl)nc23)C1. The number of sulfone groups is 1. The Hall–Kier alpha value is -2.32. The molecule has 142 valence electrons. The highest BCUT2D eigenvalue weighted by molar-refractivity contribution is 7.91. The fourth-order valence-corrected chi connectivity index (χ4v) is 5.15. The number of furan rings is 1. The molecule has 0 bridgehead atoms. The minimum Gasteiger partial charge on any atom is -0.491 e. The highest BCUT2D eigenvalue weighted by Crippen LogP contribution is 2.30. The smallest absolute Gasteiger partial charge is 0.225 e. The second kappa shape index (κ2) is 7.36. The number of benzene rings is 1. The van der Waals surface area contributed by atoms with E-state index in [9.17, 15) is 8.42 Å². The van der Waals surface area contributed by atoms with Gasteiger partial charge in [0, 0.05) is 11.3 Å². The van der Waals surface area contributed by atoms with Gasteiger partial charge in [0.25, 0.3) is 0 Å². The monoisotopic (exact) mass is 407 g/mol. The second-order valence-electron chi connectivity index (χ2n) is 6.51. The van der Waals surface area contributed by atoms with Crippen LogP contribution >= 0.6 is 11.6 Å². The number of aromatic nitrogens is 2. The molecule has 1 atom stereocenters. The van der Waals surface area contributed by atoms with E-state index in [2.05, 4.69) is 15.3 Å². The lowest BCUT2D eigenvalue weighted by Gasteiger charge is -2.14. The number of nitrogens with zero attached hydrogens (tertiary/aromatic N) is 2. The van der Waals surface area contributed by atoms with Gasteiger partial charge in [0.15, 0.2) is 9.84 Å². The largest absolute Gasteiger partial charge is 0.491 e. The Balaban J connectivity index is 1.56. The molecule has 1 unspecified atom stereocenters. The molecular formula is C18H18ClN3O4S. The van der Waals surface area contributed by atoms with E-state index in [-0.39, 0.29) is 22.7 Å². The van der Waals surface area contributed by atoms with Crippen LogP contribution in [0.25, 0.3) is 10.9 Å². The molecule has 0 amide bonds. The first kappa shape index (κ1) is 18.1. The number of halogens is 1. The van der Waals surface area contributed by atoms with Gasteiger partial charge in [-0.15, -0.1) is 0 Å². The summed E-state index contributed by atoms with van der Waals surface area (Å²) in [5.41, 5.74) is 0.584. The first-order chi connectivity index (χ1) is 13.0. The average Bonchev–Trinajstić information content (AvgIpc) is 3.27. The number of para-hydroxylation sites is 1. The van der Waals surface area contributed by atoms with E-state index in [0.717, 1.165) is 11.1 Å². The van der Waals surface area contributed by atoms with E-state index in [4.69, 9.17) is 20.8 Å². The standard InChI is InChI=1S/C18H18ClN3O4S/c19-18-21-16-14(17(22-18)20-9-13-3-2-7-25-13)4-1-5-15(16)26-10-12-6-8-27(23,24)11-12/h1-5,7,12H,6,8-11H2,(H,20,21,22). The van der Waals surface area contributed by atoms with E-state index >= 15 is 0 Å². The summed E-state index contributed by atoms with van der Waals surface area (Å²) in [6, 6.07) is 9.20. The number of fused-ring (bicyclic) bond motifs is 1. The van der Waals surface area contributed by atoms with Crippen molar-refractivity contribution in [3.8, 4) is 5.75 Å². The molecule has 0 radical (unpaired) electrons. The van der Waals surface area contributed by atoms with Gasteiger partial charge in [-0.1, -0.05) is 6.07 Å². The lowest BCUT2D eigenvalue weighted by molar-refractivity contribution is 0.266. The summed E-state index contributed by atoms with van der Waals surface area (Å²) in [5, 5.41) is 4.07. The number of ether oxygens (including phenoxy) is 1. The van der Waals surface area contributed by atoms with Crippen molar-refractivity contribution < 1.29 is 17.6 Å². The topological polar surface area (TPSA) is 94.3 Å². The molecule has 0 aliphatic carbocycles. The Bertz CT molecular complexity index is 1050. The summed E-state index contributed by atoms with van der Waals surface area (Å²) in [6.45, 7) is 0.787. The number of hydrogen-bond donors (Lipinski definition) is 1. The van der Waals surface area contributed by atoms with Crippen LogP contribution in [0, 0.1) is 5.92 Å². The molecule has 1 N–H and O–H groups in total. The van der Waals surface area contributed by atoms with Crippen LogP contribution in [0.5, 0.6) is 5.75 Å². The molecule has 4 rings (SSSR count). The number of nitrogens with one attached hydrogen (secondary N) is 1. The van der Waals surface area contributed by atoms with Crippen LogP contribution in [0.2, 0.25) is 5.28 Å². The van der Waals surface area contributed by atoms with Crippen LogP contribution < -0.4 is 10.1 Å². The van der Waals surface area contributed by atoms with Crippen molar-refractivity contribution in [1.82, 2.24) is 9.97 Å². The molecule has 0 saturated carbocycles. The quantitative estimate of drug-likeness (QED) is 0.626. The summed E-state index contributed by atoms with van der Waals surface area (Å²) in [4.78, 5) is 8.57. The van der Waals surface area contributed by atoms with Crippen LogP contribution in [-0.4, -0.2) is 36.5 Å². The van der Waals surface area contributed by atoms with Crippen LogP contribution in [0.1, 0.15) is 12.2 Å². The Morgan fingerprint density at radius 2 is 2.15 bits per heavy atom. The van der Waals surface area contributed by atoms with Gasteiger partial charge in [-0.25, -0.2) is 18.4 Å². The van der Waals surface area contributed by atoms with E-state index < -0.39 is 9.84 Å². The van der Waals surface area contributed by atoms with E-state index in [0.29, 0.717) is 36.7 Å². The molecule has 1 aromatic carbocycles. The highest BCUT2D eigenvalue weighted by atomic mass is 35.5. The first-order valence-corrected chi connectivity index (χ1v) is 10.8. The molecule has 1 saturated heterocycles. The third-order valence-corrected chi connectivity index (χ3v) is 6.48. The van der Waals surface area contributed by atoms with E-state index in [1.807, 2.05) is 24.3 Å². The van der Waals surface area contributed by atoms with Gasteiger partial charge in [-0.05, 0) is 42.3 Å². The Morgan fingerprint density at radius 3 is 2.89 bits per heavy atom. The maximum atomic E-state index is 11.6. The molecule has 3 heterocycles. The Morgan fingerprint density at radius 1 is 1.26 bits per heavy atom. The second-order valence-corrected chi connectivity index (χ2v) is 9.07. The molecule has 1 aliphatic heterocycles. The van der Waals surface area contributed by atoms with E-state index in [1.54, 1.807) is 12.3 Å². The zero-order valence-electron chi connectivity index (χ0n) is 14.4. The number of hydrogen-bond acceptors (Lipinski definition) is 7. The lowest BCUT2D eigenvalue weighted by Crippen LogP contribution is -2.14. The van der Waals surface area contributed by atoms with Crippen molar-refractivity contribution in [3.05, 3.63) is 47.6 Å². The average molecular weight is 408 g/mol. The Labute approximate surface area is 161 Å². The minimum absolute atomic E-state index is 0.000821. The number of rotatable bonds is 6. The number of anilines is 1. The summed E-state index contributed by atoms with van der Waals surface area (Å²) >= 11 is 6.10. The van der Waals surface area contributed by atoms with Gasteiger partial charge in [0.1, 0.15) is 22.8 Å². The minimum atomic E-state index is -2.93. The van der Waals surface area contributed by atoms with Crippen molar-refractivity contribution in [2.24, 2.45) is 5.92 Å². The fourth-order valence-electron chi connectivity index (χ4n) is 3.14. The van der Waals surface area contributed by atoms with Crippen molar-refractivity contribution in [2.45, 2.75) is 13.0 Å². The van der Waals surface area contributed by atoms with Crippen molar-refractivity contribution >= 4 is 38.2 Å². The predicted molar refractivity (Wildman–Crippen MR) is 103 cm³/mol. The highest BCUT2D eigenvalue weighted by Gasteiger charge is 2.28. The molecule has 9 heteroatoms. The molecule has 7 nitrogen and oxygen atoms in total.